The Labute approximate surface area is 191 Å². The van der Waals surface area contributed by atoms with Crippen molar-refractivity contribution in [3.63, 3.8) is 0 Å². The van der Waals surface area contributed by atoms with Gasteiger partial charge >= 0.3 is 5.92 Å². The van der Waals surface area contributed by atoms with E-state index in [0.29, 0.717) is 16.6 Å². The molecule has 1 unspecified atom stereocenters. The molecule has 1 fully saturated rings. The van der Waals surface area contributed by atoms with Crippen molar-refractivity contribution in [1.29, 1.82) is 0 Å². The number of alkyl halides is 2. The summed E-state index contributed by atoms with van der Waals surface area (Å²) in [6.45, 7) is 25.4. The van der Waals surface area contributed by atoms with Gasteiger partial charge in [-0.2, -0.15) is 8.78 Å². The molecule has 3 atom stereocenters. The molecule has 1 heterocycles. The largest absolute Gasteiger partial charge is 0.413 e. The average Bonchev–Trinajstić information content (AvgIpc) is 2.80. The molecule has 0 aliphatic carbocycles. The molecule has 4 nitrogen and oxygen atoms in total. The first-order valence-electron chi connectivity index (χ1n) is 12.0. The summed E-state index contributed by atoms with van der Waals surface area (Å²) in [5, 5.41) is 10.1. The van der Waals surface area contributed by atoms with Crippen molar-refractivity contribution in [2.45, 2.75) is 141 Å². The van der Waals surface area contributed by atoms with E-state index in [1.807, 2.05) is 0 Å². The van der Waals surface area contributed by atoms with Gasteiger partial charge in [0.25, 0.3) is 0 Å². The molecule has 0 amide bonds. The molecule has 0 radical (unpaired) electrons. The van der Waals surface area contributed by atoms with Crippen LogP contribution in [0.25, 0.3) is 0 Å². The Morgan fingerprint density at radius 2 is 1.10 bits per heavy atom. The number of aliphatic hydroxyl groups excluding tert-OH is 1. The number of ether oxygens (including phenoxy) is 1. The van der Waals surface area contributed by atoms with Gasteiger partial charge in [-0.1, -0.05) is 83.1 Å². The molecular weight excluding hydrogens is 434 g/mol. The minimum atomic E-state index is -3.47. The zero-order valence-electron chi connectivity index (χ0n) is 21.8. The Hall–Kier alpha value is 0.134. The number of rotatable bonds is 11. The number of hydrogen-bond acceptors (Lipinski definition) is 4. The van der Waals surface area contributed by atoms with Crippen LogP contribution in [0, 0.1) is 0 Å². The van der Waals surface area contributed by atoms with Crippen LogP contribution in [-0.2, 0) is 13.6 Å². The van der Waals surface area contributed by atoms with E-state index in [1.165, 1.54) is 0 Å². The van der Waals surface area contributed by atoms with Gasteiger partial charge < -0.3 is 18.7 Å². The quantitative estimate of drug-likeness (QED) is 0.319. The minimum Gasteiger partial charge on any atom is -0.413 e. The highest BCUT2D eigenvalue weighted by Crippen LogP contribution is 2.49. The molecule has 0 bridgehead atoms. The van der Waals surface area contributed by atoms with E-state index in [9.17, 15) is 5.11 Å². The van der Waals surface area contributed by atoms with Gasteiger partial charge in [0.2, 0.25) is 14.6 Å². The van der Waals surface area contributed by atoms with E-state index in [-0.39, 0.29) is 23.2 Å². The van der Waals surface area contributed by atoms with E-state index >= 15 is 8.78 Å². The maximum atomic E-state index is 15.1. The predicted molar refractivity (Wildman–Crippen MR) is 129 cm³/mol. The maximum Gasteiger partial charge on any atom is 0.324 e. The first-order valence-corrected chi connectivity index (χ1v) is 16.3. The van der Waals surface area contributed by atoms with E-state index < -0.39 is 41.1 Å². The minimum absolute atomic E-state index is 0.0246. The van der Waals surface area contributed by atoms with Gasteiger partial charge in [0, 0.05) is 0 Å². The molecule has 31 heavy (non-hydrogen) atoms. The highest BCUT2D eigenvalue weighted by molar-refractivity contribution is 6.78. The van der Waals surface area contributed by atoms with Crippen LogP contribution in [0.3, 0.4) is 0 Å². The number of hydrogen-bond donors (Lipinski definition) is 1. The van der Waals surface area contributed by atoms with Gasteiger partial charge in [-0.05, 0) is 33.2 Å². The molecule has 8 heteroatoms. The molecule has 0 aromatic heterocycles. The van der Waals surface area contributed by atoms with Crippen LogP contribution in [0.15, 0.2) is 0 Å². The van der Waals surface area contributed by atoms with Crippen LogP contribution in [0.5, 0.6) is 0 Å². The molecule has 0 aromatic carbocycles. The fourth-order valence-corrected chi connectivity index (χ4v) is 17.4. The molecule has 1 aliphatic heterocycles. The lowest BCUT2D eigenvalue weighted by atomic mass is 10.1. The number of halogens is 2. The van der Waals surface area contributed by atoms with Crippen LogP contribution >= 0.6 is 0 Å². The first-order chi connectivity index (χ1) is 14.0. The molecule has 0 saturated carbocycles. The summed E-state index contributed by atoms with van der Waals surface area (Å²) < 4.78 is 48.7. The lowest BCUT2D eigenvalue weighted by Crippen LogP contribution is -2.57. The van der Waals surface area contributed by atoms with E-state index in [4.69, 9.17) is 13.6 Å². The fourth-order valence-electron chi connectivity index (χ4n) is 6.35. The Balaban J connectivity index is 3.32. The predicted octanol–water partition coefficient (Wildman–Crippen LogP) is 7.09. The highest BCUT2D eigenvalue weighted by Gasteiger charge is 2.63. The van der Waals surface area contributed by atoms with Crippen molar-refractivity contribution in [3.8, 4) is 0 Å². The first kappa shape index (κ1) is 29.2. The highest BCUT2D eigenvalue weighted by atomic mass is 28.4. The summed E-state index contributed by atoms with van der Waals surface area (Å²) >= 11 is 0. The molecule has 0 aromatic rings. The summed E-state index contributed by atoms with van der Waals surface area (Å²) in [6.07, 6.45) is -4.66. The second-order valence-electron chi connectivity index (χ2n) is 11.2. The Bertz CT molecular complexity index is 524. The van der Waals surface area contributed by atoms with Crippen LogP contribution in [0.1, 0.15) is 83.1 Å². The van der Waals surface area contributed by atoms with Crippen LogP contribution in [0.2, 0.25) is 33.2 Å². The summed E-state index contributed by atoms with van der Waals surface area (Å²) in [6, 6.07) is 0. The topological polar surface area (TPSA) is 47.9 Å². The molecule has 0 spiro atoms. The summed E-state index contributed by atoms with van der Waals surface area (Å²) in [5.41, 5.74) is 1.44. The molecule has 1 saturated heterocycles. The van der Waals surface area contributed by atoms with Crippen LogP contribution in [-0.4, -0.2) is 52.8 Å². The normalized spacial score (nSPS) is 25.3. The Morgan fingerprint density at radius 3 is 1.42 bits per heavy atom. The lowest BCUT2D eigenvalue weighted by molar-refractivity contribution is -0.197. The zero-order chi connectivity index (χ0) is 24.5. The second-order valence-corrected chi connectivity index (χ2v) is 22.1. The van der Waals surface area contributed by atoms with Crippen molar-refractivity contribution in [2.24, 2.45) is 0 Å². The third-order valence-corrected chi connectivity index (χ3v) is 19.8. The third-order valence-electron chi connectivity index (χ3n) is 7.59. The molecule has 1 aliphatic rings. The van der Waals surface area contributed by atoms with E-state index in [2.05, 4.69) is 83.1 Å². The van der Waals surface area contributed by atoms with Crippen LogP contribution in [0.4, 0.5) is 8.78 Å². The average molecular weight is 483 g/mol. The molecule has 186 valence electrons. The van der Waals surface area contributed by atoms with Gasteiger partial charge in [-0.15, -0.1) is 0 Å². The summed E-state index contributed by atoms with van der Waals surface area (Å²) in [4.78, 5) is 0. The third kappa shape index (κ3) is 5.29. The summed E-state index contributed by atoms with van der Waals surface area (Å²) in [7, 11) is -4.88. The molecule has 1 N–H and O–H groups in total. The number of aliphatic hydroxyl groups is 1. The van der Waals surface area contributed by atoms with E-state index in [0.717, 1.165) is 0 Å². The van der Waals surface area contributed by atoms with E-state index in [1.54, 1.807) is 0 Å². The fraction of sp³-hybridized carbons (Fsp3) is 1.00. The Kier molecular flexibility index (Phi) is 9.97. The monoisotopic (exact) mass is 482 g/mol. The standard InChI is InChI=1S/C23H48F2O4Si2/c1-14(2)30(15(3)4,16(5)6)27-13-20-21(23(24,25)22(26)28-20)29-31(17(7)8,18(9)10)19(11)12/h14-22,26H,13H2,1-12H3/t20-,21-,22?/m1/s1. The van der Waals surface area contributed by atoms with Crippen molar-refractivity contribution in [2.75, 3.05) is 6.61 Å². The van der Waals surface area contributed by atoms with Gasteiger partial charge in [0.05, 0.1) is 6.61 Å². The van der Waals surface area contributed by atoms with Gasteiger partial charge in [0.15, 0.2) is 8.32 Å². The molecule has 1 rings (SSSR count). The lowest BCUT2D eigenvalue weighted by Gasteiger charge is -2.46. The van der Waals surface area contributed by atoms with Crippen molar-refractivity contribution in [3.05, 3.63) is 0 Å². The second kappa shape index (κ2) is 10.6. The SMILES string of the molecule is CC(C)[Si](OC[C@H]1OC(O)C(F)(F)[C@@H]1O[Si](C(C)C)(C(C)C)C(C)C)(C(C)C)C(C)C. The zero-order valence-corrected chi connectivity index (χ0v) is 23.8. The maximum absolute atomic E-state index is 15.1. The molecular formula is C23H48F2O4Si2. The summed E-state index contributed by atoms with van der Waals surface area (Å²) in [5.74, 6) is -3.47. The van der Waals surface area contributed by atoms with Crippen LogP contribution < -0.4 is 0 Å². The van der Waals surface area contributed by atoms with Crippen molar-refractivity contribution in [1.82, 2.24) is 0 Å². The van der Waals surface area contributed by atoms with Gasteiger partial charge in [-0.3, -0.25) is 0 Å². The van der Waals surface area contributed by atoms with Crippen molar-refractivity contribution >= 4 is 16.6 Å². The Morgan fingerprint density at radius 1 is 0.742 bits per heavy atom. The van der Waals surface area contributed by atoms with Crippen molar-refractivity contribution < 1.29 is 27.5 Å². The van der Waals surface area contributed by atoms with Gasteiger partial charge in [-0.25, -0.2) is 0 Å². The van der Waals surface area contributed by atoms with Gasteiger partial charge in [0.1, 0.15) is 12.2 Å². The smallest absolute Gasteiger partial charge is 0.324 e.